The Balaban J connectivity index is 1.89. The molecular weight excluding hydrogens is 208 g/mol. The van der Waals surface area contributed by atoms with E-state index in [0.717, 1.165) is 26.2 Å². The maximum atomic E-state index is 12.1. The van der Waals surface area contributed by atoms with Crippen LogP contribution in [0, 0.1) is 0 Å². The molecule has 0 atom stereocenters. The first-order valence-corrected chi connectivity index (χ1v) is 5.78. The molecule has 0 bridgehead atoms. The Bertz CT molecular complexity index is 276. The van der Waals surface area contributed by atoms with Gasteiger partial charge in [0.25, 0.3) is 0 Å². The van der Waals surface area contributed by atoms with Gasteiger partial charge in [-0.1, -0.05) is 0 Å². The summed E-state index contributed by atoms with van der Waals surface area (Å²) in [5.74, 6) is 0.0376. The average molecular weight is 226 g/mol. The van der Waals surface area contributed by atoms with Crippen LogP contribution in [0.4, 0.5) is 4.79 Å². The van der Waals surface area contributed by atoms with Gasteiger partial charge in [0.15, 0.2) is 0 Å². The summed E-state index contributed by atoms with van der Waals surface area (Å²) >= 11 is 0. The van der Waals surface area contributed by atoms with Gasteiger partial charge in [-0.05, 0) is 0 Å². The third kappa shape index (κ3) is 2.63. The fourth-order valence-corrected chi connectivity index (χ4v) is 2.01. The molecule has 2 aliphatic rings. The Morgan fingerprint density at radius 3 is 2.38 bits per heavy atom. The van der Waals surface area contributed by atoms with Gasteiger partial charge in [-0.15, -0.1) is 0 Å². The van der Waals surface area contributed by atoms with Crippen LogP contribution in [0.15, 0.2) is 0 Å². The van der Waals surface area contributed by atoms with Gasteiger partial charge in [0.1, 0.15) is 0 Å². The predicted octanol–water partition coefficient (Wildman–Crippen LogP) is -1.17. The zero-order valence-electron chi connectivity index (χ0n) is 9.37. The van der Waals surface area contributed by atoms with Crippen LogP contribution < -0.4 is 10.6 Å². The summed E-state index contributed by atoms with van der Waals surface area (Å²) in [7, 11) is 0. The molecule has 0 aromatic carbocycles. The van der Waals surface area contributed by atoms with Gasteiger partial charge in [-0.3, -0.25) is 4.79 Å². The first-order valence-electron chi connectivity index (χ1n) is 5.78. The lowest BCUT2D eigenvalue weighted by Gasteiger charge is -2.32. The highest BCUT2D eigenvalue weighted by atomic mass is 16.2. The number of rotatable bonds is 0. The quantitative estimate of drug-likeness (QED) is 0.547. The minimum Gasteiger partial charge on any atom is -0.354 e. The van der Waals surface area contributed by atoms with E-state index in [9.17, 15) is 9.59 Å². The number of piperazine rings is 1. The van der Waals surface area contributed by atoms with Crippen LogP contribution in [-0.4, -0.2) is 67.6 Å². The Kier molecular flexibility index (Phi) is 3.61. The fraction of sp³-hybridized carbons (Fsp3) is 0.800. The normalized spacial score (nSPS) is 22.6. The summed E-state index contributed by atoms with van der Waals surface area (Å²) in [6.45, 7) is 4.96. The molecule has 0 spiro atoms. The topological polar surface area (TPSA) is 64.7 Å². The molecule has 2 heterocycles. The van der Waals surface area contributed by atoms with Gasteiger partial charge < -0.3 is 20.4 Å². The summed E-state index contributed by atoms with van der Waals surface area (Å²) in [5, 5.41) is 5.98. The van der Waals surface area contributed by atoms with Crippen LogP contribution in [0.1, 0.15) is 6.42 Å². The summed E-state index contributed by atoms with van der Waals surface area (Å²) in [6.07, 6.45) is 0.415. The molecule has 3 amide bonds. The van der Waals surface area contributed by atoms with Crippen LogP contribution in [0.3, 0.4) is 0 Å². The van der Waals surface area contributed by atoms with E-state index < -0.39 is 0 Å². The van der Waals surface area contributed by atoms with Gasteiger partial charge in [-0.25, -0.2) is 4.79 Å². The second kappa shape index (κ2) is 5.16. The number of carbonyl (C=O) groups excluding carboxylic acids is 2. The molecule has 0 radical (unpaired) electrons. The summed E-state index contributed by atoms with van der Waals surface area (Å²) in [4.78, 5) is 26.9. The smallest absolute Gasteiger partial charge is 0.320 e. The predicted molar refractivity (Wildman–Crippen MR) is 59.0 cm³/mol. The molecule has 0 aromatic rings. The molecule has 6 heteroatoms. The standard InChI is InChI=1S/C10H18N4O2/c15-9-1-5-13(8-4-12-9)10(16)14-6-2-11-3-7-14/h11H,1-8H2,(H,12,15). The van der Waals surface area contributed by atoms with E-state index in [1.165, 1.54) is 0 Å². The Labute approximate surface area is 95.0 Å². The number of nitrogens with one attached hydrogen (secondary N) is 2. The van der Waals surface area contributed by atoms with Gasteiger partial charge in [0.2, 0.25) is 5.91 Å². The molecule has 2 saturated heterocycles. The second-order valence-electron chi connectivity index (χ2n) is 4.11. The molecule has 2 rings (SSSR count). The molecule has 2 fully saturated rings. The highest BCUT2D eigenvalue weighted by molar-refractivity contribution is 5.79. The lowest BCUT2D eigenvalue weighted by Crippen LogP contribution is -2.52. The lowest BCUT2D eigenvalue weighted by molar-refractivity contribution is -0.120. The average Bonchev–Trinajstić information content (AvgIpc) is 2.54. The van der Waals surface area contributed by atoms with Crippen LogP contribution in [0.2, 0.25) is 0 Å². The minimum absolute atomic E-state index is 0.0376. The molecule has 0 aromatic heterocycles. The molecular formula is C10H18N4O2. The van der Waals surface area contributed by atoms with Crippen LogP contribution in [0.25, 0.3) is 0 Å². The van der Waals surface area contributed by atoms with Crippen molar-refractivity contribution in [3.05, 3.63) is 0 Å². The van der Waals surface area contributed by atoms with Crippen LogP contribution in [0.5, 0.6) is 0 Å². The van der Waals surface area contributed by atoms with E-state index in [1.807, 2.05) is 4.90 Å². The van der Waals surface area contributed by atoms with Gasteiger partial charge in [-0.2, -0.15) is 0 Å². The molecule has 16 heavy (non-hydrogen) atoms. The first-order chi connectivity index (χ1) is 7.77. The van der Waals surface area contributed by atoms with E-state index in [2.05, 4.69) is 10.6 Å². The number of carbonyl (C=O) groups is 2. The van der Waals surface area contributed by atoms with Crippen molar-refractivity contribution in [2.24, 2.45) is 0 Å². The SMILES string of the molecule is O=C1CCN(C(=O)N2CCNCC2)CCN1. The van der Waals surface area contributed by atoms with Gasteiger partial charge in [0, 0.05) is 52.2 Å². The molecule has 6 nitrogen and oxygen atoms in total. The number of urea groups is 1. The van der Waals surface area contributed by atoms with E-state index in [1.54, 1.807) is 4.90 Å². The van der Waals surface area contributed by atoms with E-state index in [0.29, 0.717) is 26.1 Å². The van der Waals surface area contributed by atoms with Crippen molar-refractivity contribution in [1.82, 2.24) is 20.4 Å². The Hall–Kier alpha value is -1.30. The van der Waals surface area contributed by atoms with Crippen molar-refractivity contribution in [1.29, 1.82) is 0 Å². The van der Waals surface area contributed by atoms with Gasteiger partial charge in [0.05, 0.1) is 0 Å². The fourth-order valence-electron chi connectivity index (χ4n) is 2.01. The Morgan fingerprint density at radius 1 is 1.00 bits per heavy atom. The van der Waals surface area contributed by atoms with E-state index in [-0.39, 0.29) is 11.9 Å². The Morgan fingerprint density at radius 2 is 1.62 bits per heavy atom. The highest BCUT2D eigenvalue weighted by Gasteiger charge is 2.24. The molecule has 0 unspecified atom stereocenters. The number of nitrogens with zero attached hydrogens (tertiary/aromatic N) is 2. The van der Waals surface area contributed by atoms with Crippen molar-refractivity contribution < 1.29 is 9.59 Å². The van der Waals surface area contributed by atoms with Crippen molar-refractivity contribution in [2.45, 2.75) is 6.42 Å². The van der Waals surface area contributed by atoms with Gasteiger partial charge >= 0.3 is 6.03 Å². The maximum Gasteiger partial charge on any atom is 0.320 e. The molecule has 2 aliphatic heterocycles. The number of hydrogen-bond donors (Lipinski definition) is 2. The lowest BCUT2D eigenvalue weighted by atomic mass is 10.3. The van der Waals surface area contributed by atoms with Crippen LogP contribution >= 0.6 is 0 Å². The van der Waals surface area contributed by atoms with Crippen LogP contribution in [-0.2, 0) is 4.79 Å². The minimum atomic E-state index is 0.0376. The number of hydrogen-bond acceptors (Lipinski definition) is 3. The van der Waals surface area contributed by atoms with E-state index in [4.69, 9.17) is 0 Å². The van der Waals surface area contributed by atoms with Crippen molar-refractivity contribution in [3.8, 4) is 0 Å². The summed E-state index contributed by atoms with van der Waals surface area (Å²) in [5.41, 5.74) is 0. The zero-order chi connectivity index (χ0) is 11.4. The first kappa shape index (κ1) is 11.2. The van der Waals surface area contributed by atoms with E-state index >= 15 is 0 Å². The van der Waals surface area contributed by atoms with Crippen molar-refractivity contribution in [2.75, 3.05) is 45.8 Å². The zero-order valence-corrected chi connectivity index (χ0v) is 9.37. The monoisotopic (exact) mass is 226 g/mol. The largest absolute Gasteiger partial charge is 0.354 e. The second-order valence-corrected chi connectivity index (χ2v) is 4.11. The maximum absolute atomic E-state index is 12.1. The van der Waals surface area contributed by atoms with Crippen molar-refractivity contribution >= 4 is 11.9 Å². The summed E-state index contributed by atoms with van der Waals surface area (Å²) < 4.78 is 0. The molecule has 90 valence electrons. The molecule has 0 aliphatic carbocycles. The summed E-state index contributed by atoms with van der Waals surface area (Å²) in [6, 6.07) is 0.0676. The molecule has 0 saturated carbocycles. The number of amides is 3. The third-order valence-corrected chi connectivity index (χ3v) is 2.97. The van der Waals surface area contributed by atoms with Crippen molar-refractivity contribution in [3.63, 3.8) is 0 Å². The third-order valence-electron chi connectivity index (χ3n) is 2.97. The molecule has 2 N–H and O–H groups in total. The highest BCUT2D eigenvalue weighted by Crippen LogP contribution is 2.04.